The number of piperazine rings is 1. The molecule has 1 fully saturated rings. The van der Waals surface area contributed by atoms with Crippen LogP contribution in [-0.2, 0) is 10.0 Å². The van der Waals surface area contributed by atoms with Crippen LogP contribution in [0.15, 0.2) is 71.6 Å². The van der Waals surface area contributed by atoms with Crippen molar-refractivity contribution in [2.24, 2.45) is 0 Å². The number of hydrogen-bond donors (Lipinski definition) is 0. The lowest BCUT2D eigenvalue weighted by atomic mass is 10.0. The molecule has 0 spiro atoms. The van der Waals surface area contributed by atoms with Crippen LogP contribution in [0.2, 0.25) is 5.02 Å². The van der Waals surface area contributed by atoms with Gasteiger partial charge in [-0.1, -0.05) is 54.1 Å². The maximum Gasteiger partial charge on any atom is 0.243 e. The second kappa shape index (κ2) is 8.98. The smallest absolute Gasteiger partial charge is 0.243 e. The van der Waals surface area contributed by atoms with Crippen LogP contribution in [0, 0.1) is 13.8 Å². The zero-order valence-electron chi connectivity index (χ0n) is 19.1. The van der Waals surface area contributed by atoms with Crippen molar-refractivity contribution in [3.8, 4) is 11.3 Å². The van der Waals surface area contributed by atoms with E-state index in [1.165, 1.54) is 4.31 Å². The standard InChI is InChI=1S/C26H25ClN4O2S/c1-18-17-25(19(2)16-23(18)27)34(32,33)31-14-12-30(13-15-31)26-11-10-24(28-29-26)22-9-5-7-20-6-3-4-8-21(20)22/h3-11,16-17H,12-15H2,1-2H3. The van der Waals surface area contributed by atoms with Crippen molar-refractivity contribution >= 4 is 38.2 Å². The fourth-order valence-corrected chi connectivity index (χ4v) is 6.35. The fourth-order valence-electron chi connectivity index (χ4n) is 4.42. The lowest BCUT2D eigenvalue weighted by Gasteiger charge is -2.34. The number of aromatic nitrogens is 2. The van der Waals surface area contributed by atoms with E-state index < -0.39 is 10.0 Å². The van der Waals surface area contributed by atoms with Crippen molar-refractivity contribution in [3.63, 3.8) is 0 Å². The predicted octanol–water partition coefficient (Wildman–Crippen LogP) is 5.08. The van der Waals surface area contributed by atoms with Crippen molar-refractivity contribution in [2.45, 2.75) is 18.7 Å². The molecule has 174 valence electrons. The summed E-state index contributed by atoms with van der Waals surface area (Å²) >= 11 is 6.16. The van der Waals surface area contributed by atoms with Gasteiger partial charge in [-0.15, -0.1) is 10.2 Å². The second-order valence-electron chi connectivity index (χ2n) is 8.56. The van der Waals surface area contributed by atoms with Gasteiger partial charge in [-0.05, 0) is 60.0 Å². The van der Waals surface area contributed by atoms with Crippen LogP contribution in [-0.4, -0.2) is 49.1 Å². The van der Waals surface area contributed by atoms with Crippen molar-refractivity contribution < 1.29 is 8.42 Å². The fraction of sp³-hybridized carbons (Fsp3) is 0.231. The molecular formula is C26H25ClN4O2S. The quantitative estimate of drug-likeness (QED) is 0.397. The van der Waals surface area contributed by atoms with Crippen LogP contribution in [0.5, 0.6) is 0 Å². The summed E-state index contributed by atoms with van der Waals surface area (Å²) in [5, 5.41) is 11.8. The molecule has 6 nitrogen and oxygen atoms in total. The molecule has 2 heterocycles. The molecule has 1 saturated heterocycles. The van der Waals surface area contributed by atoms with Crippen molar-refractivity contribution in [1.29, 1.82) is 0 Å². The summed E-state index contributed by atoms with van der Waals surface area (Å²) in [6.45, 7) is 5.47. The van der Waals surface area contributed by atoms with Gasteiger partial charge < -0.3 is 4.90 Å². The molecule has 34 heavy (non-hydrogen) atoms. The third-order valence-electron chi connectivity index (χ3n) is 6.35. The number of sulfonamides is 1. The van der Waals surface area contributed by atoms with Crippen LogP contribution in [0.3, 0.4) is 0 Å². The molecule has 4 aromatic rings. The molecule has 0 bridgehead atoms. The van der Waals surface area contributed by atoms with Crippen LogP contribution in [0.1, 0.15) is 11.1 Å². The number of rotatable bonds is 4. The van der Waals surface area contributed by atoms with E-state index >= 15 is 0 Å². The first-order chi connectivity index (χ1) is 16.3. The van der Waals surface area contributed by atoms with Gasteiger partial charge in [-0.2, -0.15) is 4.31 Å². The third kappa shape index (κ3) is 4.15. The number of fused-ring (bicyclic) bond motifs is 1. The molecule has 0 saturated carbocycles. The van der Waals surface area contributed by atoms with Gasteiger partial charge >= 0.3 is 0 Å². The Morgan fingerprint density at radius 3 is 2.29 bits per heavy atom. The Bertz CT molecular complexity index is 1460. The van der Waals surface area contributed by atoms with Crippen molar-refractivity contribution in [1.82, 2.24) is 14.5 Å². The maximum atomic E-state index is 13.3. The summed E-state index contributed by atoms with van der Waals surface area (Å²) in [4.78, 5) is 2.40. The summed E-state index contributed by atoms with van der Waals surface area (Å²) in [5.74, 6) is 0.750. The SMILES string of the molecule is Cc1cc(S(=O)(=O)N2CCN(c3ccc(-c4cccc5ccccc45)nn3)CC2)c(C)cc1Cl. The first-order valence-corrected chi connectivity index (χ1v) is 13.0. The van der Waals surface area contributed by atoms with Gasteiger partial charge in [-0.3, -0.25) is 0 Å². The van der Waals surface area contributed by atoms with Gasteiger partial charge in [0.25, 0.3) is 0 Å². The number of nitrogens with zero attached hydrogens (tertiary/aromatic N) is 4. The summed E-state index contributed by atoms with van der Waals surface area (Å²) in [6.07, 6.45) is 0. The highest BCUT2D eigenvalue weighted by atomic mass is 35.5. The van der Waals surface area contributed by atoms with E-state index in [1.54, 1.807) is 19.1 Å². The molecule has 0 atom stereocenters. The highest BCUT2D eigenvalue weighted by molar-refractivity contribution is 7.89. The van der Waals surface area contributed by atoms with Gasteiger partial charge in [-0.25, -0.2) is 8.42 Å². The Morgan fingerprint density at radius 1 is 0.824 bits per heavy atom. The molecule has 1 aliphatic heterocycles. The first kappa shape index (κ1) is 22.8. The summed E-state index contributed by atoms with van der Waals surface area (Å²) in [6, 6.07) is 21.7. The molecule has 1 aliphatic rings. The van der Waals surface area contributed by atoms with Gasteiger partial charge in [0.15, 0.2) is 5.82 Å². The number of aryl methyl sites for hydroxylation is 2. The minimum Gasteiger partial charge on any atom is -0.352 e. The van der Waals surface area contributed by atoms with E-state index in [0.29, 0.717) is 41.7 Å². The zero-order chi connectivity index (χ0) is 23.9. The monoisotopic (exact) mass is 492 g/mol. The zero-order valence-corrected chi connectivity index (χ0v) is 20.6. The minimum atomic E-state index is -3.59. The number of anilines is 1. The van der Waals surface area contributed by atoms with E-state index in [4.69, 9.17) is 11.6 Å². The average Bonchev–Trinajstić information content (AvgIpc) is 2.86. The van der Waals surface area contributed by atoms with Gasteiger partial charge in [0.05, 0.1) is 10.6 Å². The van der Waals surface area contributed by atoms with E-state index in [-0.39, 0.29) is 0 Å². The number of benzene rings is 3. The molecule has 1 aromatic heterocycles. The predicted molar refractivity (Wildman–Crippen MR) is 137 cm³/mol. The van der Waals surface area contributed by atoms with E-state index in [2.05, 4.69) is 39.4 Å². The van der Waals surface area contributed by atoms with Gasteiger partial charge in [0, 0.05) is 36.8 Å². The number of hydrogen-bond acceptors (Lipinski definition) is 5. The normalized spacial score (nSPS) is 15.1. The molecule has 0 unspecified atom stereocenters. The largest absolute Gasteiger partial charge is 0.352 e. The van der Waals surface area contributed by atoms with Gasteiger partial charge in [0.1, 0.15) is 0 Å². The van der Waals surface area contributed by atoms with Crippen LogP contribution < -0.4 is 4.90 Å². The maximum absolute atomic E-state index is 13.3. The second-order valence-corrected chi connectivity index (χ2v) is 10.9. The topological polar surface area (TPSA) is 66.4 Å². The molecule has 8 heteroatoms. The van der Waals surface area contributed by atoms with E-state index in [9.17, 15) is 8.42 Å². The highest BCUT2D eigenvalue weighted by Gasteiger charge is 2.30. The van der Waals surface area contributed by atoms with Crippen LogP contribution in [0.4, 0.5) is 5.82 Å². The Kier molecular flexibility index (Phi) is 6.02. The molecule has 0 N–H and O–H groups in total. The molecule has 0 aliphatic carbocycles. The highest BCUT2D eigenvalue weighted by Crippen LogP contribution is 2.29. The number of halogens is 1. The Balaban J connectivity index is 1.32. The minimum absolute atomic E-state index is 0.321. The Morgan fingerprint density at radius 2 is 1.56 bits per heavy atom. The molecule has 3 aromatic carbocycles. The summed E-state index contributed by atoms with van der Waals surface area (Å²) in [5.41, 5.74) is 3.27. The lowest BCUT2D eigenvalue weighted by molar-refractivity contribution is 0.383. The third-order valence-corrected chi connectivity index (χ3v) is 8.80. The first-order valence-electron chi connectivity index (χ1n) is 11.2. The Labute approximate surface area is 204 Å². The molecule has 5 rings (SSSR count). The van der Waals surface area contributed by atoms with Crippen molar-refractivity contribution in [3.05, 3.63) is 82.9 Å². The van der Waals surface area contributed by atoms with Crippen molar-refractivity contribution in [2.75, 3.05) is 31.1 Å². The molecular weight excluding hydrogens is 468 g/mol. The van der Waals surface area contributed by atoms with E-state index in [1.807, 2.05) is 37.3 Å². The lowest BCUT2D eigenvalue weighted by Crippen LogP contribution is -2.49. The van der Waals surface area contributed by atoms with Crippen LogP contribution >= 0.6 is 11.6 Å². The average molecular weight is 493 g/mol. The molecule has 0 amide bonds. The summed E-state index contributed by atoms with van der Waals surface area (Å²) in [7, 11) is -3.59. The molecule has 0 radical (unpaired) electrons. The van der Waals surface area contributed by atoms with Gasteiger partial charge in [0.2, 0.25) is 10.0 Å². The van der Waals surface area contributed by atoms with E-state index in [0.717, 1.165) is 33.4 Å². The summed E-state index contributed by atoms with van der Waals surface area (Å²) < 4.78 is 28.1. The van der Waals surface area contributed by atoms with Crippen LogP contribution in [0.25, 0.3) is 22.0 Å². The Hall–Kier alpha value is -3.00.